The summed E-state index contributed by atoms with van der Waals surface area (Å²) in [4.78, 5) is 36.2. The van der Waals surface area contributed by atoms with Gasteiger partial charge in [0, 0.05) is 12.8 Å². The topological polar surface area (TPSA) is 119 Å². The van der Waals surface area contributed by atoms with E-state index in [4.69, 9.17) is 10.5 Å². The minimum Gasteiger partial charge on any atom is -0.480 e. The third-order valence-corrected chi connectivity index (χ3v) is 8.24. The van der Waals surface area contributed by atoms with E-state index in [-0.39, 0.29) is 18.0 Å². The first kappa shape index (κ1) is 46.8. The molecule has 0 aromatic rings. The van der Waals surface area contributed by atoms with Gasteiger partial charge in [0.25, 0.3) is 0 Å². The molecule has 4 N–H and O–H groups in total. The SMILES string of the molecule is CC/C=C\C/C=C\C/C=C\C/C=C\C/C=C\CCCCCC(=O)OC(/C=C\CCCCCC)CCCCCCC(=O)NC(CCCN)C(=O)O. The summed E-state index contributed by atoms with van der Waals surface area (Å²) in [6, 6.07) is -0.876. The van der Waals surface area contributed by atoms with Gasteiger partial charge in [0.05, 0.1) is 0 Å². The van der Waals surface area contributed by atoms with E-state index in [0.717, 1.165) is 96.3 Å². The van der Waals surface area contributed by atoms with Crippen LogP contribution in [-0.2, 0) is 19.1 Å². The van der Waals surface area contributed by atoms with E-state index in [1.165, 1.54) is 19.3 Å². The molecule has 0 fully saturated rings. The second-order valence-electron chi connectivity index (χ2n) is 13.0. The van der Waals surface area contributed by atoms with Crippen molar-refractivity contribution in [2.24, 2.45) is 5.73 Å². The first-order chi connectivity index (χ1) is 24.4. The number of carboxylic acids is 1. The van der Waals surface area contributed by atoms with Gasteiger partial charge in [-0.05, 0) is 109 Å². The molecule has 0 radical (unpaired) electrons. The van der Waals surface area contributed by atoms with E-state index in [9.17, 15) is 19.5 Å². The molecule has 0 aromatic carbocycles. The number of hydrogen-bond acceptors (Lipinski definition) is 5. The second-order valence-corrected chi connectivity index (χ2v) is 13.0. The van der Waals surface area contributed by atoms with Crippen molar-refractivity contribution in [1.82, 2.24) is 5.32 Å². The highest BCUT2D eigenvalue weighted by atomic mass is 16.5. The van der Waals surface area contributed by atoms with Crippen molar-refractivity contribution >= 4 is 17.8 Å². The maximum Gasteiger partial charge on any atom is 0.326 e. The number of aliphatic carboxylic acids is 1. The number of allylic oxidation sites excluding steroid dienone is 11. The molecule has 0 rings (SSSR count). The number of amides is 1. The van der Waals surface area contributed by atoms with Gasteiger partial charge >= 0.3 is 11.9 Å². The first-order valence-electron chi connectivity index (χ1n) is 19.8. The van der Waals surface area contributed by atoms with Gasteiger partial charge in [0.2, 0.25) is 5.91 Å². The fourth-order valence-electron chi connectivity index (χ4n) is 5.27. The van der Waals surface area contributed by atoms with E-state index in [0.29, 0.717) is 38.6 Å². The van der Waals surface area contributed by atoms with Crippen molar-refractivity contribution in [3.8, 4) is 0 Å². The number of esters is 1. The highest BCUT2D eigenvalue weighted by molar-refractivity contribution is 5.83. The Morgan fingerprint density at radius 1 is 0.620 bits per heavy atom. The van der Waals surface area contributed by atoms with Crippen LogP contribution in [-0.4, -0.2) is 41.6 Å². The highest BCUT2D eigenvalue weighted by Gasteiger charge is 2.19. The fraction of sp³-hybridized carbons (Fsp3) is 0.651. The van der Waals surface area contributed by atoms with Crippen molar-refractivity contribution in [3.63, 3.8) is 0 Å². The van der Waals surface area contributed by atoms with E-state index in [1.807, 2.05) is 0 Å². The molecule has 284 valence electrons. The molecular weight excluding hydrogens is 624 g/mol. The van der Waals surface area contributed by atoms with Crippen LogP contribution in [0.1, 0.15) is 162 Å². The molecule has 0 saturated heterocycles. The summed E-state index contributed by atoms with van der Waals surface area (Å²) in [5.41, 5.74) is 5.47. The van der Waals surface area contributed by atoms with Gasteiger partial charge in [-0.3, -0.25) is 9.59 Å². The van der Waals surface area contributed by atoms with Gasteiger partial charge in [-0.25, -0.2) is 4.79 Å². The van der Waals surface area contributed by atoms with Gasteiger partial charge < -0.3 is 20.9 Å². The van der Waals surface area contributed by atoms with E-state index in [1.54, 1.807) is 0 Å². The number of carbonyl (C=O) groups excluding carboxylic acids is 2. The molecule has 0 aliphatic carbocycles. The number of ether oxygens (including phenoxy) is 1. The van der Waals surface area contributed by atoms with Crippen LogP contribution in [0.25, 0.3) is 0 Å². The zero-order valence-electron chi connectivity index (χ0n) is 31.7. The first-order valence-corrected chi connectivity index (χ1v) is 19.8. The molecule has 1 amide bonds. The molecule has 50 heavy (non-hydrogen) atoms. The van der Waals surface area contributed by atoms with E-state index in [2.05, 4.69) is 92.1 Å². The average molecular weight is 697 g/mol. The quantitative estimate of drug-likeness (QED) is 0.0350. The fourth-order valence-corrected chi connectivity index (χ4v) is 5.27. The summed E-state index contributed by atoms with van der Waals surface area (Å²) in [5.74, 6) is -1.38. The molecule has 0 aromatic heterocycles. The number of nitrogens with two attached hydrogens (primary N) is 1. The molecule has 2 unspecified atom stereocenters. The third kappa shape index (κ3) is 33.3. The third-order valence-electron chi connectivity index (χ3n) is 8.24. The van der Waals surface area contributed by atoms with Crippen molar-refractivity contribution in [2.45, 2.75) is 174 Å². The van der Waals surface area contributed by atoms with Crippen molar-refractivity contribution in [2.75, 3.05) is 6.54 Å². The lowest BCUT2D eigenvalue weighted by molar-refractivity contribution is -0.147. The Bertz CT molecular complexity index is 1010. The van der Waals surface area contributed by atoms with Crippen LogP contribution >= 0.6 is 0 Å². The van der Waals surface area contributed by atoms with Gasteiger partial charge in [-0.15, -0.1) is 0 Å². The molecule has 0 aliphatic rings. The predicted octanol–water partition coefficient (Wildman–Crippen LogP) is 10.8. The molecular formula is C43H72N2O5. The predicted molar refractivity (Wildman–Crippen MR) is 211 cm³/mol. The minimum atomic E-state index is -1.02. The summed E-state index contributed by atoms with van der Waals surface area (Å²) >= 11 is 0. The highest BCUT2D eigenvalue weighted by Crippen LogP contribution is 2.14. The maximum atomic E-state index is 12.6. The largest absolute Gasteiger partial charge is 0.480 e. The summed E-state index contributed by atoms with van der Waals surface area (Å²) in [6.07, 6.45) is 46.8. The van der Waals surface area contributed by atoms with Crippen LogP contribution in [0.3, 0.4) is 0 Å². The zero-order valence-corrected chi connectivity index (χ0v) is 31.7. The van der Waals surface area contributed by atoms with Gasteiger partial charge in [0.15, 0.2) is 0 Å². The number of unbranched alkanes of at least 4 members (excludes halogenated alkanes) is 10. The normalized spacial score (nSPS) is 13.5. The minimum absolute atomic E-state index is 0.125. The van der Waals surface area contributed by atoms with Crippen molar-refractivity contribution in [1.29, 1.82) is 0 Å². The van der Waals surface area contributed by atoms with E-state index >= 15 is 0 Å². The Morgan fingerprint density at radius 2 is 1.16 bits per heavy atom. The number of carboxylic acid groups (broad SMARTS) is 1. The van der Waals surface area contributed by atoms with Gasteiger partial charge in [-0.2, -0.15) is 0 Å². The standard InChI is InChI=1S/C43H72N2O5/c1-3-5-7-9-11-12-13-14-15-16-17-18-19-20-21-22-23-25-31-37-42(47)50-39(33-28-24-10-8-6-4-2)34-29-26-27-30-36-41(46)45-40(43(48)49)35-32-38-44/h5,7,11-12,14-15,17-18,20-21,28,33,39-40H,3-4,6,8-10,13,16,19,22-27,29-32,34-38,44H2,1-2H3,(H,45,46)(H,48,49)/b7-5-,12-11-,15-14-,18-17-,21-20-,33-28-. The average Bonchev–Trinajstić information content (AvgIpc) is 3.10. The van der Waals surface area contributed by atoms with Crippen molar-refractivity contribution in [3.05, 3.63) is 72.9 Å². The Labute approximate surface area is 305 Å². The summed E-state index contributed by atoms with van der Waals surface area (Å²) in [5, 5.41) is 11.9. The molecule has 0 saturated carbocycles. The number of carbonyl (C=O) groups is 3. The number of nitrogens with one attached hydrogen (secondary N) is 1. The lowest BCUT2D eigenvalue weighted by atomic mass is 10.1. The molecule has 0 spiro atoms. The van der Waals surface area contributed by atoms with Crippen LogP contribution < -0.4 is 11.1 Å². The summed E-state index contributed by atoms with van der Waals surface area (Å²) in [6.45, 7) is 4.76. The van der Waals surface area contributed by atoms with Crippen LogP contribution in [0.5, 0.6) is 0 Å². The van der Waals surface area contributed by atoms with Crippen LogP contribution in [0.15, 0.2) is 72.9 Å². The molecule has 7 heteroatoms. The smallest absolute Gasteiger partial charge is 0.326 e. The van der Waals surface area contributed by atoms with Gasteiger partial charge in [0.1, 0.15) is 12.1 Å². The maximum absolute atomic E-state index is 12.6. The molecule has 7 nitrogen and oxygen atoms in total. The monoisotopic (exact) mass is 697 g/mol. The number of rotatable bonds is 34. The van der Waals surface area contributed by atoms with Crippen LogP contribution in [0, 0.1) is 0 Å². The second kappa shape index (κ2) is 37.1. The molecule has 0 heterocycles. The van der Waals surface area contributed by atoms with Gasteiger partial charge in [-0.1, -0.05) is 119 Å². The Balaban J connectivity index is 4.27. The summed E-state index contributed by atoms with van der Waals surface area (Å²) < 4.78 is 5.87. The molecule has 2 atom stereocenters. The Hall–Kier alpha value is -3.19. The van der Waals surface area contributed by atoms with Crippen LogP contribution in [0.2, 0.25) is 0 Å². The van der Waals surface area contributed by atoms with E-state index < -0.39 is 12.0 Å². The molecule has 0 bridgehead atoms. The summed E-state index contributed by atoms with van der Waals surface area (Å²) in [7, 11) is 0. The van der Waals surface area contributed by atoms with Crippen LogP contribution in [0.4, 0.5) is 0 Å². The number of hydrogen-bond donors (Lipinski definition) is 3. The Morgan fingerprint density at radius 3 is 1.76 bits per heavy atom. The Kier molecular flexibility index (Phi) is 34.7. The lowest BCUT2D eigenvalue weighted by Gasteiger charge is -2.15. The molecule has 0 aliphatic heterocycles. The lowest BCUT2D eigenvalue weighted by Crippen LogP contribution is -2.40. The zero-order chi connectivity index (χ0) is 36.8. The van der Waals surface area contributed by atoms with Crippen molar-refractivity contribution < 1.29 is 24.2 Å².